The zero-order chi connectivity index (χ0) is 21.7. The first-order valence-corrected chi connectivity index (χ1v) is 12.3. The standard InChI is InChI=1S/C25H44N2O3/c1-17(26-30-15-14-27(4)5)20-10-13-25(29)22-7-6-18-16-19(28)8-11-23(18,2)21(22)9-12-24(20,25)3/h18-22,28-29H,6-16H2,1-5H3/b26-17+/t18-,19+,20-,21+,22-,23+,24-,25+/m1/s1. The van der Waals surface area contributed by atoms with Gasteiger partial charge in [-0.05, 0) is 102 Å². The summed E-state index contributed by atoms with van der Waals surface area (Å²) in [4.78, 5) is 7.72. The number of rotatable bonds is 5. The normalized spacial score (nSPS) is 48.8. The molecule has 0 amide bonds. The van der Waals surface area contributed by atoms with Crippen molar-refractivity contribution in [3.8, 4) is 0 Å². The van der Waals surface area contributed by atoms with Crippen LogP contribution in [0, 0.1) is 34.5 Å². The Morgan fingerprint density at radius 1 is 1.03 bits per heavy atom. The maximum absolute atomic E-state index is 12.2. The SMILES string of the molecule is C/C(=N\OCCN(C)C)[C@H]1CC[C@]2(O)[C@@H]3CC[C@@H]4C[C@@H](O)CC[C@]4(C)[C@H]3CC[C@]12C. The number of likely N-dealkylation sites (N-methyl/N-ethyl adjacent to an activating group) is 1. The number of fused-ring (bicyclic) bond motifs is 5. The second-order valence-corrected chi connectivity index (χ2v) is 11.8. The van der Waals surface area contributed by atoms with Crippen molar-refractivity contribution in [2.24, 2.45) is 39.7 Å². The summed E-state index contributed by atoms with van der Waals surface area (Å²) in [7, 11) is 4.08. The van der Waals surface area contributed by atoms with Gasteiger partial charge in [-0.25, -0.2) is 0 Å². The molecule has 4 aliphatic carbocycles. The van der Waals surface area contributed by atoms with Crippen LogP contribution in [0.1, 0.15) is 78.6 Å². The molecule has 0 saturated heterocycles. The molecule has 0 aromatic heterocycles. The van der Waals surface area contributed by atoms with Crippen molar-refractivity contribution in [1.29, 1.82) is 0 Å². The average molecular weight is 421 g/mol. The van der Waals surface area contributed by atoms with Crippen LogP contribution in [-0.2, 0) is 4.84 Å². The van der Waals surface area contributed by atoms with Gasteiger partial charge in [-0.3, -0.25) is 0 Å². The summed E-state index contributed by atoms with van der Waals surface area (Å²) in [5.41, 5.74) is 0.649. The van der Waals surface area contributed by atoms with Crippen molar-refractivity contribution in [3.63, 3.8) is 0 Å². The predicted molar refractivity (Wildman–Crippen MR) is 120 cm³/mol. The number of aliphatic hydroxyl groups is 2. The maximum Gasteiger partial charge on any atom is 0.129 e. The monoisotopic (exact) mass is 420 g/mol. The maximum atomic E-state index is 12.2. The van der Waals surface area contributed by atoms with E-state index in [-0.39, 0.29) is 16.9 Å². The molecule has 0 aromatic rings. The van der Waals surface area contributed by atoms with Gasteiger partial charge in [0.1, 0.15) is 6.61 Å². The fourth-order valence-electron chi connectivity index (χ4n) is 8.31. The van der Waals surface area contributed by atoms with Crippen LogP contribution in [0.5, 0.6) is 0 Å². The zero-order valence-electron chi connectivity index (χ0n) is 19.9. The number of hydrogen-bond donors (Lipinski definition) is 2. The molecule has 0 bridgehead atoms. The minimum Gasteiger partial charge on any atom is -0.394 e. The highest BCUT2D eigenvalue weighted by Crippen LogP contribution is 2.69. The average Bonchev–Trinajstić information content (AvgIpc) is 2.97. The van der Waals surface area contributed by atoms with Crippen LogP contribution in [0.4, 0.5) is 0 Å². The highest BCUT2D eigenvalue weighted by molar-refractivity contribution is 5.85. The van der Waals surface area contributed by atoms with E-state index in [1.165, 1.54) is 12.8 Å². The molecule has 4 saturated carbocycles. The topological polar surface area (TPSA) is 65.3 Å². The molecule has 30 heavy (non-hydrogen) atoms. The molecule has 0 spiro atoms. The van der Waals surface area contributed by atoms with E-state index in [1.54, 1.807) is 0 Å². The smallest absolute Gasteiger partial charge is 0.129 e. The second-order valence-electron chi connectivity index (χ2n) is 11.8. The number of oxime groups is 1. The van der Waals surface area contributed by atoms with Crippen molar-refractivity contribution in [1.82, 2.24) is 4.90 Å². The lowest BCUT2D eigenvalue weighted by atomic mass is 9.43. The molecule has 5 nitrogen and oxygen atoms in total. The molecule has 4 rings (SSSR count). The van der Waals surface area contributed by atoms with Crippen LogP contribution in [0.3, 0.4) is 0 Å². The molecule has 5 heteroatoms. The van der Waals surface area contributed by atoms with Gasteiger partial charge in [0.25, 0.3) is 0 Å². The van der Waals surface area contributed by atoms with E-state index in [9.17, 15) is 10.2 Å². The fraction of sp³-hybridized carbons (Fsp3) is 0.960. The van der Waals surface area contributed by atoms with E-state index in [2.05, 4.69) is 30.8 Å². The van der Waals surface area contributed by atoms with E-state index in [0.29, 0.717) is 30.3 Å². The van der Waals surface area contributed by atoms with Gasteiger partial charge in [0, 0.05) is 17.9 Å². The summed E-state index contributed by atoms with van der Waals surface area (Å²) in [6, 6.07) is 0. The van der Waals surface area contributed by atoms with Crippen LogP contribution in [0.25, 0.3) is 0 Å². The van der Waals surface area contributed by atoms with Crippen molar-refractivity contribution in [2.75, 3.05) is 27.2 Å². The Bertz CT molecular complexity index is 667. The van der Waals surface area contributed by atoms with Gasteiger partial charge in [0.05, 0.1) is 17.4 Å². The lowest BCUT2D eigenvalue weighted by Gasteiger charge is -2.63. The third-order valence-electron chi connectivity index (χ3n) is 10.2. The zero-order valence-corrected chi connectivity index (χ0v) is 19.9. The third-order valence-corrected chi connectivity index (χ3v) is 10.2. The second kappa shape index (κ2) is 8.04. The fourth-order valence-corrected chi connectivity index (χ4v) is 8.31. The minimum absolute atomic E-state index is 0.107. The van der Waals surface area contributed by atoms with E-state index in [4.69, 9.17) is 4.84 Å². The molecule has 4 fully saturated rings. The van der Waals surface area contributed by atoms with E-state index in [1.807, 2.05) is 14.1 Å². The van der Waals surface area contributed by atoms with Crippen molar-refractivity contribution >= 4 is 5.71 Å². The first kappa shape index (κ1) is 22.5. The predicted octanol–water partition coefficient (Wildman–Crippen LogP) is 4.08. The molecule has 0 aromatic carbocycles. The first-order valence-electron chi connectivity index (χ1n) is 12.3. The molecule has 2 N–H and O–H groups in total. The number of aliphatic hydroxyl groups excluding tert-OH is 1. The lowest BCUT2D eigenvalue weighted by Crippen LogP contribution is -2.62. The van der Waals surface area contributed by atoms with Crippen molar-refractivity contribution < 1.29 is 15.1 Å². The molecule has 172 valence electrons. The van der Waals surface area contributed by atoms with Crippen LogP contribution in [0.15, 0.2) is 5.16 Å². The molecule has 0 heterocycles. The Kier molecular flexibility index (Phi) is 6.04. The Hall–Kier alpha value is -0.650. The quantitative estimate of drug-likeness (QED) is 0.400. The Balaban J connectivity index is 1.52. The van der Waals surface area contributed by atoms with Gasteiger partial charge in [-0.1, -0.05) is 19.0 Å². The van der Waals surface area contributed by atoms with Crippen molar-refractivity contribution in [2.45, 2.75) is 90.3 Å². The van der Waals surface area contributed by atoms with Crippen LogP contribution in [-0.4, -0.2) is 59.8 Å². The van der Waals surface area contributed by atoms with Gasteiger partial charge >= 0.3 is 0 Å². The first-order chi connectivity index (χ1) is 14.1. The van der Waals surface area contributed by atoms with Gasteiger partial charge < -0.3 is 20.0 Å². The van der Waals surface area contributed by atoms with Gasteiger partial charge in [0.2, 0.25) is 0 Å². The Morgan fingerprint density at radius 2 is 1.80 bits per heavy atom. The van der Waals surface area contributed by atoms with E-state index in [0.717, 1.165) is 57.2 Å². The molecular formula is C25H44N2O3. The molecule has 0 unspecified atom stereocenters. The largest absolute Gasteiger partial charge is 0.394 e. The van der Waals surface area contributed by atoms with Gasteiger partial charge in [0.15, 0.2) is 0 Å². The summed E-state index contributed by atoms with van der Waals surface area (Å²) >= 11 is 0. The summed E-state index contributed by atoms with van der Waals surface area (Å²) in [6.45, 7) is 8.38. The molecular weight excluding hydrogens is 376 g/mol. The summed E-state index contributed by atoms with van der Waals surface area (Å²) in [5, 5.41) is 27.0. The highest BCUT2D eigenvalue weighted by Gasteiger charge is 2.67. The highest BCUT2D eigenvalue weighted by atomic mass is 16.6. The van der Waals surface area contributed by atoms with Gasteiger partial charge in [-0.2, -0.15) is 0 Å². The number of nitrogens with zero attached hydrogens (tertiary/aromatic N) is 2. The summed E-state index contributed by atoms with van der Waals surface area (Å²) in [6.07, 6.45) is 9.38. The van der Waals surface area contributed by atoms with Crippen LogP contribution >= 0.6 is 0 Å². The molecule has 8 atom stereocenters. The Morgan fingerprint density at radius 3 is 2.53 bits per heavy atom. The van der Waals surface area contributed by atoms with E-state index >= 15 is 0 Å². The minimum atomic E-state index is -0.592. The molecule has 4 aliphatic rings. The third kappa shape index (κ3) is 3.44. The summed E-state index contributed by atoms with van der Waals surface area (Å²) < 4.78 is 0. The molecule has 0 radical (unpaired) electrons. The van der Waals surface area contributed by atoms with E-state index < -0.39 is 5.60 Å². The van der Waals surface area contributed by atoms with Crippen LogP contribution < -0.4 is 0 Å². The molecule has 0 aliphatic heterocycles. The van der Waals surface area contributed by atoms with Crippen LogP contribution in [0.2, 0.25) is 0 Å². The summed E-state index contributed by atoms with van der Waals surface area (Å²) in [5.74, 6) is 1.91. The number of hydrogen-bond acceptors (Lipinski definition) is 5. The lowest BCUT2D eigenvalue weighted by molar-refractivity contribution is -0.206. The Labute approximate surface area is 183 Å². The van der Waals surface area contributed by atoms with Gasteiger partial charge in [-0.15, -0.1) is 0 Å². The van der Waals surface area contributed by atoms with Crippen molar-refractivity contribution in [3.05, 3.63) is 0 Å².